The van der Waals surface area contributed by atoms with Crippen molar-refractivity contribution in [1.29, 1.82) is 0 Å². The van der Waals surface area contributed by atoms with Gasteiger partial charge in [0.15, 0.2) is 0 Å². The van der Waals surface area contributed by atoms with E-state index in [1.165, 1.54) is 0 Å². The number of rotatable bonds is 2. The van der Waals surface area contributed by atoms with E-state index in [2.05, 4.69) is 5.73 Å². The van der Waals surface area contributed by atoms with Crippen molar-refractivity contribution in [2.45, 2.75) is 12.3 Å². The maximum absolute atomic E-state index is 8.27. The first-order chi connectivity index (χ1) is 3.06. The van der Waals surface area contributed by atoms with Crippen molar-refractivity contribution in [2.24, 2.45) is 5.73 Å². The van der Waals surface area contributed by atoms with Gasteiger partial charge in [-0.15, -0.1) is 11.6 Å². The number of hydrogen-bond donors (Lipinski definition) is 3. The number of hydrogen-bond acceptors (Lipinski definition) is 3. The lowest BCUT2D eigenvalue weighted by atomic mass is 10.4. The fourth-order valence-corrected chi connectivity index (χ4v) is 0.417. The van der Waals surface area contributed by atoms with Crippen LogP contribution in [0, 0.1) is 0 Å². The lowest BCUT2D eigenvalue weighted by molar-refractivity contribution is -0.155. The van der Waals surface area contributed by atoms with Crippen LogP contribution in [0.2, 0.25) is 0 Å². The topological polar surface area (TPSA) is 66.5 Å². The third-order valence-electron chi connectivity index (χ3n) is 0.462. The molecule has 0 radical (unpaired) electrons. The van der Waals surface area contributed by atoms with Gasteiger partial charge in [0.05, 0.1) is 0 Å². The van der Waals surface area contributed by atoms with Gasteiger partial charge in [-0.25, -0.2) is 0 Å². The van der Waals surface area contributed by atoms with Crippen LogP contribution in [-0.4, -0.2) is 22.0 Å². The van der Waals surface area contributed by atoms with E-state index in [0.717, 1.165) is 0 Å². The summed E-state index contributed by atoms with van der Waals surface area (Å²) in [6, 6.07) is 0. The zero-order valence-corrected chi connectivity index (χ0v) is 4.52. The van der Waals surface area contributed by atoms with Gasteiger partial charge in [-0.2, -0.15) is 0 Å². The Morgan fingerprint density at radius 3 is 2.00 bits per heavy atom. The summed E-state index contributed by atoms with van der Waals surface area (Å²) in [6.07, 6.45) is -0.00540. The molecule has 0 aromatic rings. The Kier molecular flexibility index (Phi) is 2.53. The number of nitrogens with two attached hydrogens (primary N) is 1. The van der Waals surface area contributed by atoms with Gasteiger partial charge >= 0.3 is 0 Å². The SMILES string of the molecule is NC(O)(O)CCCl. The molecule has 0 saturated carbocycles. The normalized spacial score (nSPS) is 12.0. The highest BCUT2D eigenvalue weighted by molar-refractivity contribution is 6.17. The molecule has 0 bridgehead atoms. The number of halogens is 1. The quantitative estimate of drug-likeness (QED) is 0.335. The fourth-order valence-electron chi connectivity index (χ4n) is 0.139. The molecule has 0 saturated heterocycles. The van der Waals surface area contributed by atoms with Crippen LogP contribution in [0.15, 0.2) is 0 Å². The summed E-state index contributed by atoms with van der Waals surface area (Å²) in [5.74, 6) is -1.93. The van der Waals surface area contributed by atoms with E-state index in [-0.39, 0.29) is 12.3 Å². The van der Waals surface area contributed by atoms with Gasteiger partial charge in [0.25, 0.3) is 0 Å². The van der Waals surface area contributed by atoms with Crippen molar-refractivity contribution in [3.05, 3.63) is 0 Å². The minimum atomic E-state index is -2.08. The summed E-state index contributed by atoms with van der Waals surface area (Å²) >= 11 is 5.09. The second-order valence-corrected chi connectivity index (χ2v) is 1.70. The summed E-state index contributed by atoms with van der Waals surface area (Å²) in [5.41, 5.74) is 4.67. The predicted molar refractivity (Wildman–Crippen MR) is 26.7 cm³/mol. The molecule has 0 heterocycles. The Labute approximate surface area is 46.7 Å². The average molecular weight is 126 g/mol. The minimum Gasteiger partial charge on any atom is -0.354 e. The Hall–Kier alpha value is 0.170. The molecule has 0 aromatic heterocycles. The van der Waals surface area contributed by atoms with Gasteiger partial charge in [0.2, 0.25) is 5.91 Å². The summed E-state index contributed by atoms with van der Waals surface area (Å²) < 4.78 is 0. The van der Waals surface area contributed by atoms with Gasteiger partial charge in [-0.3, -0.25) is 5.73 Å². The van der Waals surface area contributed by atoms with E-state index >= 15 is 0 Å². The van der Waals surface area contributed by atoms with Gasteiger partial charge in [-0.05, 0) is 0 Å². The zero-order chi connectivity index (χ0) is 5.91. The van der Waals surface area contributed by atoms with Crippen LogP contribution in [0.3, 0.4) is 0 Å². The molecule has 4 N–H and O–H groups in total. The lowest BCUT2D eigenvalue weighted by Crippen LogP contribution is -2.39. The van der Waals surface area contributed by atoms with Crippen LogP contribution in [-0.2, 0) is 0 Å². The molecular formula is C3H8ClNO2. The molecule has 0 aromatic carbocycles. The maximum atomic E-state index is 8.27. The van der Waals surface area contributed by atoms with Crippen LogP contribution < -0.4 is 5.73 Å². The van der Waals surface area contributed by atoms with Crippen molar-refractivity contribution in [3.8, 4) is 0 Å². The zero-order valence-electron chi connectivity index (χ0n) is 3.76. The number of aliphatic hydroxyl groups is 2. The van der Waals surface area contributed by atoms with Gasteiger partial charge in [-0.1, -0.05) is 0 Å². The minimum absolute atomic E-state index is 0.00540. The second-order valence-electron chi connectivity index (χ2n) is 1.32. The van der Waals surface area contributed by atoms with Crippen molar-refractivity contribution < 1.29 is 10.2 Å². The second kappa shape index (κ2) is 2.47. The first-order valence-electron chi connectivity index (χ1n) is 1.86. The highest BCUT2D eigenvalue weighted by atomic mass is 35.5. The fraction of sp³-hybridized carbons (Fsp3) is 1.00. The van der Waals surface area contributed by atoms with E-state index < -0.39 is 5.91 Å². The molecule has 7 heavy (non-hydrogen) atoms. The van der Waals surface area contributed by atoms with Crippen molar-refractivity contribution in [3.63, 3.8) is 0 Å². The van der Waals surface area contributed by atoms with Crippen LogP contribution >= 0.6 is 11.6 Å². The average Bonchev–Trinajstić information content (AvgIpc) is 1.30. The van der Waals surface area contributed by atoms with Crippen LogP contribution in [0.1, 0.15) is 6.42 Å². The first kappa shape index (κ1) is 7.17. The van der Waals surface area contributed by atoms with Gasteiger partial charge < -0.3 is 10.2 Å². The lowest BCUT2D eigenvalue weighted by Gasteiger charge is -2.11. The maximum Gasteiger partial charge on any atom is 0.220 e. The standard InChI is InChI=1S/C3H8ClNO2/c4-2-1-3(5,6)7/h6-7H,1-2,5H2. The Bertz CT molecular complexity index is 51.4. The number of alkyl halides is 1. The van der Waals surface area contributed by atoms with E-state index in [9.17, 15) is 0 Å². The molecule has 44 valence electrons. The van der Waals surface area contributed by atoms with Crippen molar-refractivity contribution in [1.82, 2.24) is 0 Å². The van der Waals surface area contributed by atoms with E-state index in [1.807, 2.05) is 0 Å². The predicted octanol–water partition coefficient (Wildman–Crippen LogP) is -0.788. The first-order valence-corrected chi connectivity index (χ1v) is 2.39. The van der Waals surface area contributed by atoms with E-state index in [0.29, 0.717) is 0 Å². The molecule has 3 nitrogen and oxygen atoms in total. The summed E-state index contributed by atoms with van der Waals surface area (Å²) in [5, 5.41) is 16.5. The highest BCUT2D eigenvalue weighted by Gasteiger charge is 2.12. The Morgan fingerprint density at radius 2 is 2.00 bits per heavy atom. The molecule has 0 atom stereocenters. The molecule has 0 fully saturated rings. The highest BCUT2D eigenvalue weighted by Crippen LogP contribution is 1.96. The van der Waals surface area contributed by atoms with E-state index in [4.69, 9.17) is 21.8 Å². The molecule has 0 aliphatic carbocycles. The Balaban J connectivity index is 3.15. The molecular weight excluding hydrogens is 117 g/mol. The molecule has 0 rings (SSSR count). The third kappa shape index (κ3) is 6.17. The summed E-state index contributed by atoms with van der Waals surface area (Å²) in [4.78, 5) is 0. The molecule has 0 amide bonds. The van der Waals surface area contributed by atoms with Crippen LogP contribution in [0.25, 0.3) is 0 Å². The summed E-state index contributed by atoms with van der Waals surface area (Å²) in [7, 11) is 0. The molecule has 0 spiro atoms. The molecule has 4 heteroatoms. The van der Waals surface area contributed by atoms with Crippen molar-refractivity contribution >= 4 is 11.6 Å². The van der Waals surface area contributed by atoms with Gasteiger partial charge in [0.1, 0.15) is 0 Å². The largest absolute Gasteiger partial charge is 0.354 e. The molecule has 0 aliphatic rings. The monoisotopic (exact) mass is 125 g/mol. The van der Waals surface area contributed by atoms with Crippen LogP contribution in [0.5, 0.6) is 0 Å². The summed E-state index contributed by atoms with van der Waals surface area (Å²) in [6.45, 7) is 0. The molecule has 0 unspecified atom stereocenters. The third-order valence-corrected chi connectivity index (χ3v) is 0.651. The Morgan fingerprint density at radius 1 is 1.57 bits per heavy atom. The van der Waals surface area contributed by atoms with Crippen LogP contribution in [0.4, 0.5) is 0 Å². The van der Waals surface area contributed by atoms with Gasteiger partial charge in [0, 0.05) is 12.3 Å². The molecule has 0 aliphatic heterocycles. The van der Waals surface area contributed by atoms with E-state index in [1.54, 1.807) is 0 Å². The smallest absolute Gasteiger partial charge is 0.220 e. The van der Waals surface area contributed by atoms with Crippen molar-refractivity contribution in [2.75, 3.05) is 5.88 Å².